The molecule has 1 amide bonds. The number of carboxylic acid groups (broad SMARTS) is 1. The summed E-state index contributed by atoms with van der Waals surface area (Å²) in [6.07, 6.45) is -0.930. The van der Waals surface area contributed by atoms with Gasteiger partial charge in [0.25, 0.3) is 0 Å². The molecule has 0 atom stereocenters. The van der Waals surface area contributed by atoms with Gasteiger partial charge in [-0.1, -0.05) is 34.1 Å². The molecule has 1 rings (SSSR count). The van der Waals surface area contributed by atoms with Crippen LogP contribution in [0, 0.1) is 0 Å². The van der Waals surface area contributed by atoms with Crippen LogP contribution in [0.2, 0.25) is 0 Å². The smallest absolute Gasteiger partial charge is 0.412 e. The molecule has 0 heterocycles. The number of halogens is 1. The van der Waals surface area contributed by atoms with Crippen LogP contribution < -0.4 is 4.90 Å². The summed E-state index contributed by atoms with van der Waals surface area (Å²) >= 11 is 3.37. The Hall–Kier alpha value is -1.03. The van der Waals surface area contributed by atoms with Gasteiger partial charge < -0.3 is 5.11 Å². The first-order chi connectivity index (χ1) is 7.38. The number of amides is 1. The fourth-order valence-corrected chi connectivity index (χ4v) is 2.07. The van der Waals surface area contributed by atoms with E-state index in [0.717, 1.165) is 11.3 Å². The van der Waals surface area contributed by atoms with Crippen LogP contribution in [0.1, 0.15) is 26.3 Å². The highest BCUT2D eigenvalue weighted by molar-refractivity contribution is 9.08. The molecule has 0 unspecified atom stereocenters. The van der Waals surface area contributed by atoms with Crippen LogP contribution >= 0.6 is 15.9 Å². The summed E-state index contributed by atoms with van der Waals surface area (Å²) in [6, 6.07) is 7.51. The fourth-order valence-electron chi connectivity index (χ4n) is 1.59. The van der Waals surface area contributed by atoms with Crippen molar-refractivity contribution in [2.75, 3.05) is 4.90 Å². The maximum absolute atomic E-state index is 11.3. The van der Waals surface area contributed by atoms with Crippen molar-refractivity contribution < 1.29 is 9.90 Å². The molecule has 16 heavy (non-hydrogen) atoms. The van der Waals surface area contributed by atoms with E-state index in [1.54, 1.807) is 0 Å². The van der Waals surface area contributed by atoms with Gasteiger partial charge in [0.15, 0.2) is 0 Å². The molecule has 1 aromatic carbocycles. The first kappa shape index (κ1) is 13.0. The lowest BCUT2D eigenvalue weighted by molar-refractivity contribution is 0.195. The van der Waals surface area contributed by atoms with Crippen LogP contribution in [-0.2, 0) is 5.33 Å². The summed E-state index contributed by atoms with van der Waals surface area (Å²) < 4.78 is 0. The summed E-state index contributed by atoms with van der Waals surface area (Å²) in [4.78, 5) is 12.7. The van der Waals surface area contributed by atoms with Crippen LogP contribution in [-0.4, -0.2) is 16.7 Å². The number of hydrogen-bond donors (Lipinski definition) is 1. The van der Waals surface area contributed by atoms with Gasteiger partial charge in [-0.15, -0.1) is 0 Å². The van der Waals surface area contributed by atoms with Gasteiger partial charge in [-0.05, 0) is 32.4 Å². The molecular weight excluding hydrogens is 270 g/mol. The zero-order chi connectivity index (χ0) is 12.3. The monoisotopic (exact) mass is 285 g/mol. The van der Waals surface area contributed by atoms with Gasteiger partial charge in [-0.2, -0.15) is 0 Å². The average Bonchev–Trinajstić information content (AvgIpc) is 2.15. The van der Waals surface area contributed by atoms with Crippen molar-refractivity contribution in [1.29, 1.82) is 0 Å². The number of anilines is 1. The summed E-state index contributed by atoms with van der Waals surface area (Å²) in [5.41, 5.74) is 1.25. The van der Waals surface area contributed by atoms with Gasteiger partial charge in [0.1, 0.15) is 0 Å². The number of alkyl halides is 1. The standard InChI is InChI=1S/C12H16BrNO2/c1-12(2,3)14(11(15)16)10-7-5-4-6-9(10)8-13/h4-7H,8H2,1-3H3,(H,15,16). The second-order valence-corrected chi connectivity index (χ2v) is 5.11. The number of benzene rings is 1. The second kappa shape index (κ2) is 4.87. The third-order valence-electron chi connectivity index (χ3n) is 2.24. The van der Waals surface area contributed by atoms with E-state index in [0.29, 0.717) is 5.33 Å². The van der Waals surface area contributed by atoms with E-state index in [-0.39, 0.29) is 0 Å². The first-order valence-corrected chi connectivity index (χ1v) is 6.17. The van der Waals surface area contributed by atoms with E-state index in [1.165, 1.54) is 4.90 Å². The van der Waals surface area contributed by atoms with Crippen molar-refractivity contribution in [3.63, 3.8) is 0 Å². The Morgan fingerprint density at radius 3 is 2.38 bits per heavy atom. The molecule has 4 heteroatoms. The molecule has 0 radical (unpaired) electrons. The lowest BCUT2D eigenvalue weighted by Gasteiger charge is -2.34. The number of nitrogens with zero attached hydrogens (tertiary/aromatic N) is 1. The van der Waals surface area contributed by atoms with Gasteiger partial charge >= 0.3 is 6.09 Å². The minimum Gasteiger partial charge on any atom is -0.465 e. The summed E-state index contributed by atoms with van der Waals surface area (Å²) in [7, 11) is 0. The Kier molecular flexibility index (Phi) is 3.97. The number of rotatable bonds is 2. The van der Waals surface area contributed by atoms with Crippen molar-refractivity contribution in [3.8, 4) is 0 Å². The highest BCUT2D eigenvalue weighted by Gasteiger charge is 2.28. The molecule has 0 spiro atoms. The third-order valence-corrected chi connectivity index (χ3v) is 2.84. The molecule has 0 aliphatic heterocycles. The number of hydrogen-bond acceptors (Lipinski definition) is 1. The van der Waals surface area contributed by atoms with Crippen LogP contribution in [0.4, 0.5) is 10.5 Å². The van der Waals surface area contributed by atoms with E-state index in [4.69, 9.17) is 0 Å². The molecule has 88 valence electrons. The molecular formula is C12H16BrNO2. The predicted molar refractivity (Wildman–Crippen MR) is 69.3 cm³/mol. The van der Waals surface area contributed by atoms with Crippen LogP contribution in [0.15, 0.2) is 24.3 Å². The third kappa shape index (κ3) is 2.76. The number of para-hydroxylation sites is 1. The van der Waals surface area contributed by atoms with Gasteiger partial charge in [0.05, 0.1) is 5.69 Å². The first-order valence-electron chi connectivity index (χ1n) is 5.05. The lowest BCUT2D eigenvalue weighted by atomic mass is 10.0. The molecule has 0 saturated carbocycles. The van der Waals surface area contributed by atoms with Crippen molar-refractivity contribution in [2.24, 2.45) is 0 Å². The Bertz CT molecular complexity index is 385. The molecule has 0 aliphatic carbocycles. The zero-order valence-electron chi connectivity index (χ0n) is 9.70. The predicted octanol–water partition coefficient (Wildman–Crippen LogP) is 3.86. The summed E-state index contributed by atoms with van der Waals surface area (Å²) in [6.45, 7) is 5.64. The van der Waals surface area contributed by atoms with E-state index in [1.807, 2.05) is 45.0 Å². The molecule has 0 fully saturated rings. The summed E-state index contributed by atoms with van der Waals surface area (Å²) in [5, 5.41) is 9.93. The molecule has 1 N–H and O–H groups in total. The normalized spacial score (nSPS) is 11.2. The van der Waals surface area contributed by atoms with E-state index in [2.05, 4.69) is 15.9 Å². The molecule has 0 aliphatic rings. The van der Waals surface area contributed by atoms with Crippen LogP contribution in [0.3, 0.4) is 0 Å². The lowest BCUT2D eigenvalue weighted by Crippen LogP contribution is -2.45. The second-order valence-electron chi connectivity index (χ2n) is 4.55. The van der Waals surface area contributed by atoms with Crippen molar-refractivity contribution >= 4 is 27.7 Å². The van der Waals surface area contributed by atoms with E-state index < -0.39 is 11.6 Å². The van der Waals surface area contributed by atoms with Gasteiger partial charge in [0, 0.05) is 10.9 Å². The summed E-state index contributed by atoms with van der Waals surface area (Å²) in [5.74, 6) is 0. The van der Waals surface area contributed by atoms with Crippen LogP contribution in [0.5, 0.6) is 0 Å². The fraction of sp³-hybridized carbons (Fsp3) is 0.417. The maximum atomic E-state index is 11.3. The highest BCUT2D eigenvalue weighted by atomic mass is 79.9. The molecule has 0 bridgehead atoms. The minimum absolute atomic E-state index is 0.454. The van der Waals surface area contributed by atoms with Gasteiger partial charge in [-0.3, -0.25) is 4.90 Å². The van der Waals surface area contributed by atoms with Crippen molar-refractivity contribution in [2.45, 2.75) is 31.6 Å². The van der Waals surface area contributed by atoms with Crippen molar-refractivity contribution in [3.05, 3.63) is 29.8 Å². The Morgan fingerprint density at radius 1 is 1.38 bits per heavy atom. The Labute approximate surface area is 104 Å². The molecule has 3 nitrogen and oxygen atoms in total. The largest absolute Gasteiger partial charge is 0.465 e. The zero-order valence-corrected chi connectivity index (χ0v) is 11.3. The molecule has 1 aromatic rings. The number of carbonyl (C=O) groups is 1. The van der Waals surface area contributed by atoms with E-state index in [9.17, 15) is 9.90 Å². The highest BCUT2D eigenvalue weighted by Crippen LogP contribution is 2.28. The molecule has 0 aromatic heterocycles. The van der Waals surface area contributed by atoms with E-state index >= 15 is 0 Å². The quantitative estimate of drug-likeness (QED) is 0.838. The molecule has 0 saturated heterocycles. The van der Waals surface area contributed by atoms with Crippen molar-refractivity contribution in [1.82, 2.24) is 0 Å². The minimum atomic E-state index is -0.930. The van der Waals surface area contributed by atoms with Gasteiger partial charge in [-0.25, -0.2) is 4.79 Å². The average molecular weight is 286 g/mol. The van der Waals surface area contributed by atoms with Gasteiger partial charge in [0.2, 0.25) is 0 Å². The Morgan fingerprint density at radius 2 is 1.94 bits per heavy atom. The topological polar surface area (TPSA) is 40.5 Å². The Balaban J connectivity index is 3.27. The maximum Gasteiger partial charge on any atom is 0.412 e. The van der Waals surface area contributed by atoms with Crippen LogP contribution in [0.25, 0.3) is 0 Å². The SMILES string of the molecule is CC(C)(C)N(C(=O)O)c1ccccc1CBr.